The van der Waals surface area contributed by atoms with Crippen LogP contribution in [-0.4, -0.2) is 17.3 Å². The first-order valence-electron chi connectivity index (χ1n) is 2.53. The number of halogens is 1. The lowest BCUT2D eigenvalue weighted by Gasteiger charge is -1.97. The number of hydrogen-bond donors (Lipinski definition) is 1. The van der Waals surface area contributed by atoms with E-state index < -0.39 is 0 Å². The fourth-order valence-electron chi connectivity index (χ4n) is 0.502. The van der Waals surface area contributed by atoms with E-state index >= 15 is 0 Å². The van der Waals surface area contributed by atoms with Crippen LogP contribution in [-0.2, 0) is 0 Å². The van der Waals surface area contributed by atoms with E-state index in [1.54, 1.807) is 0 Å². The molecule has 0 fully saturated rings. The summed E-state index contributed by atoms with van der Waals surface area (Å²) in [5.74, 6) is 0.189. The summed E-state index contributed by atoms with van der Waals surface area (Å²) in [7, 11) is 1.40. The Morgan fingerprint density at radius 1 is 1.80 bits per heavy atom. The quantitative estimate of drug-likeness (QED) is 0.648. The van der Waals surface area contributed by atoms with Crippen molar-refractivity contribution in [2.24, 2.45) is 0 Å². The minimum atomic E-state index is -0.350. The van der Waals surface area contributed by atoms with Crippen molar-refractivity contribution in [3.63, 3.8) is 0 Å². The lowest BCUT2D eigenvalue weighted by atomic mass is 10.5. The standard InChI is InChI=1S/C5H5ClN2O2/c1-10-5-4(6)3(9)2-7-8-5/h2H,1H3,(H,8,9). The Morgan fingerprint density at radius 2 is 2.50 bits per heavy atom. The highest BCUT2D eigenvalue weighted by Gasteiger charge is 2.02. The summed E-state index contributed by atoms with van der Waals surface area (Å²) in [5.41, 5.74) is -0.350. The summed E-state index contributed by atoms with van der Waals surface area (Å²) >= 11 is 5.48. The molecule has 1 rings (SSSR count). The molecule has 5 heteroatoms. The Hall–Kier alpha value is -1.03. The van der Waals surface area contributed by atoms with Crippen LogP contribution >= 0.6 is 11.6 Å². The van der Waals surface area contributed by atoms with Crippen molar-refractivity contribution in [1.29, 1.82) is 0 Å². The van der Waals surface area contributed by atoms with E-state index in [0.29, 0.717) is 0 Å². The van der Waals surface area contributed by atoms with Crippen LogP contribution < -0.4 is 10.2 Å². The van der Waals surface area contributed by atoms with Crippen LogP contribution in [0.2, 0.25) is 5.02 Å². The number of rotatable bonds is 1. The molecule has 0 aromatic carbocycles. The maximum Gasteiger partial charge on any atom is 0.230 e. The lowest BCUT2D eigenvalue weighted by Crippen LogP contribution is -2.05. The van der Waals surface area contributed by atoms with Gasteiger partial charge in [0.25, 0.3) is 0 Å². The van der Waals surface area contributed by atoms with Gasteiger partial charge in [-0.25, -0.2) is 5.10 Å². The summed E-state index contributed by atoms with van der Waals surface area (Å²) in [6.07, 6.45) is 1.09. The van der Waals surface area contributed by atoms with Crippen molar-refractivity contribution < 1.29 is 4.74 Å². The van der Waals surface area contributed by atoms with Gasteiger partial charge in [-0.1, -0.05) is 11.6 Å². The van der Waals surface area contributed by atoms with Crippen molar-refractivity contribution in [2.45, 2.75) is 0 Å². The van der Waals surface area contributed by atoms with Gasteiger partial charge >= 0.3 is 0 Å². The topological polar surface area (TPSA) is 55.0 Å². The first-order chi connectivity index (χ1) is 4.75. The molecule has 10 heavy (non-hydrogen) atoms. The molecular weight excluding hydrogens is 156 g/mol. The third-order valence-corrected chi connectivity index (χ3v) is 1.33. The molecule has 0 atom stereocenters. The minimum absolute atomic E-state index is 0.0255. The van der Waals surface area contributed by atoms with Gasteiger partial charge in [-0.05, 0) is 0 Å². The van der Waals surface area contributed by atoms with E-state index in [1.165, 1.54) is 7.11 Å². The molecule has 0 amide bonds. The number of aromatic amines is 1. The Balaban J connectivity index is 3.28. The van der Waals surface area contributed by atoms with E-state index in [0.717, 1.165) is 6.20 Å². The molecule has 4 nitrogen and oxygen atoms in total. The van der Waals surface area contributed by atoms with Gasteiger partial charge in [0.1, 0.15) is 0 Å². The predicted molar refractivity (Wildman–Crippen MR) is 36.4 cm³/mol. The van der Waals surface area contributed by atoms with Crippen molar-refractivity contribution >= 4 is 11.6 Å². The molecule has 0 unspecified atom stereocenters. The monoisotopic (exact) mass is 160 g/mol. The molecule has 0 spiro atoms. The highest BCUT2D eigenvalue weighted by molar-refractivity contribution is 6.31. The zero-order valence-corrected chi connectivity index (χ0v) is 5.97. The highest BCUT2D eigenvalue weighted by atomic mass is 35.5. The van der Waals surface area contributed by atoms with E-state index in [9.17, 15) is 4.79 Å². The zero-order valence-electron chi connectivity index (χ0n) is 5.22. The van der Waals surface area contributed by atoms with Gasteiger partial charge in [-0.3, -0.25) is 4.79 Å². The lowest BCUT2D eigenvalue weighted by molar-refractivity contribution is 0.391. The third kappa shape index (κ3) is 1.11. The molecule has 0 bridgehead atoms. The number of ether oxygens (including phenoxy) is 1. The van der Waals surface area contributed by atoms with Crippen molar-refractivity contribution in [3.05, 3.63) is 21.4 Å². The van der Waals surface area contributed by atoms with Gasteiger partial charge in [-0.15, -0.1) is 0 Å². The Kier molecular flexibility index (Phi) is 1.91. The molecule has 1 aromatic heterocycles. The Labute approximate surface area is 61.8 Å². The minimum Gasteiger partial charge on any atom is -0.480 e. The second-order valence-corrected chi connectivity index (χ2v) is 1.96. The molecule has 1 aromatic rings. The smallest absolute Gasteiger partial charge is 0.230 e. The van der Waals surface area contributed by atoms with E-state index in [4.69, 9.17) is 11.6 Å². The number of methoxy groups -OCH3 is 1. The summed E-state index contributed by atoms with van der Waals surface area (Å²) in [5, 5.41) is 5.92. The second kappa shape index (κ2) is 2.70. The first-order valence-corrected chi connectivity index (χ1v) is 2.90. The third-order valence-electron chi connectivity index (χ3n) is 0.968. The second-order valence-electron chi connectivity index (χ2n) is 1.58. The van der Waals surface area contributed by atoms with E-state index in [1.807, 2.05) is 0 Å². The normalized spacial score (nSPS) is 9.40. The number of hydrogen-bond acceptors (Lipinski definition) is 3. The van der Waals surface area contributed by atoms with E-state index in [-0.39, 0.29) is 16.3 Å². The molecule has 0 aliphatic carbocycles. The predicted octanol–water partition coefficient (Wildman–Crippen LogP) is 0.432. The van der Waals surface area contributed by atoms with Crippen LogP contribution in [0.3, 0.4) is 0 Å². The van der Waals surface area contributed by atoms with Crippen LogP contribution in [0, 0.1) is 0 Å². The van der Waals surface area contributed by atoms with Gasteiger partial charge in [0, 0.05) is 0 Å². The first kappa shape index (κ1) is 7.08. The Bertz CT molecular complexity index is 283. The summed E-state index contributed by atoms with van der Waals surface area (Å²) in [6.45, 7) is 0. The number of H-pyrrole nitrogens is 1. The highest BCUT2D eigenvalue weighted by Crippen LogP contribution is 2.12. The summed E-state index contributed by atoms with van der Waals surface area (Å²) < 4.78 is 4.68. The largest absolute Gasteiger partial charge is 0.480 e. The van der Waals surface area contributed by atoms with Crippen LogP contribution in [0.1, 0.15) is 0 Å². The molecular formula is C5H5ClN2O2. The molecule has 0 saturated carbocycles. The van der Waals surface area contributed by atoms with E-state index in [2.05, 4.69) is 14.9 Å². The van der Waals surface area contributed by atoms with Crippen molar-refractivity contribution in [1.82, 2.24) is 10.2 Å². The molecule has 1 N–H and O–H groups in total. The number of nitrogens with one attached hydrogen (secondary N) is 1. The fourth-order valence-corrected chi connectivity index (χ4v) is 0.671. The van der Waals surface area contributed by atoms with Crippen LogP contribution in [0.4, 0.5) is 0 Å². The average molecular weight is 161 g/mol. The maximum atomic E-state index is 10.7. The zero-order chi connectivity index (χ0) is 7.56. The summed E-state index contributed by atoms with van der Waals surface area (Å²) in [6, 6.07) is 0. The van der Waals surface area contributed by atoms with Crippen molar-refractivity contribution in [3.8, 4) is 5.88 Å². The molecule has 0 radical (unpaired) electrons. The van der Waals surface area contributed by atoms with Crippen molar-refractivity contribution in [2.75, 3.05) is 7.11 Å². The van der Waals surface area contributed by atoms with Gasteiger partial charge in [-0.2, -0.15) is 5.10 Å². The molecule has 0 aliphatic rings. The van der Waals surface area contributed by atoms with Gasteiger partial charge < -0.3 is 4.74 Å². The molecule has 0 aliphatic heterocycles. The van der Waals surface area contributed by atoms with Crippen LogP contribution in [0.25, 0.3) is 0 Å². The molecule has 0 saturated heterocycles. The Morgan fingerprint density at radius 3 is 3.00 bits per heavy atom. The summed E-state index contributed by atoms with van der Waals surface area (Å²) in [4.78, 5) is 10.7. The average Bonchev–Trinajstić information content (AvgIpc) is 1.95. The van der Waals surface area contributed by atoms with Crippen LogP contribution in [0.15, 0.2) is 11.0 Å². The van der Waals surface area contributed by atoms with Gasteiger partial charge in [0.05, 0.1) is 13.3 Å². The SMILES string of the molecule is COc1[nH]ncc(=O)c1Cl. The maximum absolute atomic E-state index is 10.7. The van der Waals surface area contributed by atoms with Gasteiger partial charge in [0.15, 0.2) is 5.02 Å². The van der Waals surface area contributed by atoms with Gasteiger partial charge in [0.2, 0.25) is 11.3 Å². The number of aromatic nitrogens is 2. The molecule has 1 heterocycles. The number of nitrogens with zero attached hydrogens (tertiary/aromatic N) is 1. The molecule has 54 valence electrons. The fraction of sp³-hybridized carbons (Fsp3) is 0.200. The van der Waals surface area contributed by atoms with Crippen LogP contribution in [0.5, 0.6) is 5.88 Å².